The van der Waals surface area contributed by atoms with Crippen LogP contribution in [0, 0.1) is 0 Å². The Morgan fingerprint density at radius 1 is 1.19 bits per heavy atom. The molecule has 1 rings (SSSR count). The summed E-state index contributed by atoms with van der Waals surface area (Å²) in [5, 5.41) is 9.78. The maximum Gasteiger partial charge on any atom is 0.121 e. The molecule has 0 aliphatic carbocycles. The van der Waals surface area contributed by atoms with Gasteiger partial charge in [0.15, 0.2) is 0 Å². The molecule has 16 heavy (non-hydrogen) atoms. The van der Waals surface area contributed by atoms with E-state index in [-0.39, 0.29) is 6.10 Å². The van der Waals surface area contributed by atoms with Gasteiger partial charge in [-0.1, -0.05) is 44.4 Å². The van der Waals surface area contributed by atoms with E-state index in [9.17, 15) is 5.11 Å². The quantitative estimate of drug-likeness (QED) is 0.705. The van der Waals surface area contributed by atoms with E-state index in [4.69, 9.17) is 4.74 Å². The topological polar surface area (TPSA) is 29.5 Å². The van der Waals surface area contributed by atoms with Crippen molar-refractivity contribution < 1.29 is 9.84 Å². The molecule has 0 spiro atoms. The van der Waals surface area contributed by atoms with Gasteiger partial charge in [0.2, 0.25) is 0 Å². The predicted molar refractivity (Wildman–Crippen MR) is 66.6 cm³/mol. The fraction of sp³-hybridized carbons (Fsp3) is 0.571. The van der Waals surface area contributed by atoms with Crippen molar-refractivity contribution in [1.82, 2.24) is 0 Å². The van der Waals surface area contributed by atoms with Crippen molar-refractivity contribution in [2.24, 2.45) is 0 Å². The second kappa shape index (κ2) is 7.29. The van der Waals surface area contributed by atoms with Gasteiger partial charge in [-0.3, -0.25) is 0 Å². The molecule has 1 atom stereocenters. The van der Waals surface area contributed by atoms with E-state index < -0.39 is 0 Å². The van der Waals surface area contributed by atoms with E-state index in [0.717, 1.165) is 18.4 Å². The molecule has 0 aromatic heterocycles. The third-order valence-electron chi connectivity index (χ3n) is 2.72. The molecule has 0 bridgehead atoms. The smallest absolute Gasteiger partial charge is 0.121 e. The first kappa shape index (κ1) is 13.0. The average Bonchev–Trinajstić information content (AvgIpc) is 2.29. The van der Waals surface area contributed by atoms with Crippen molar-refractivity contribution in [3.8, 4) is 5.75 Å². The highest BCUT2D eigenvalue weighted by Gasteiger charge is 2.14. The number of rotatable bonds is 7. The zero-order valence-electron chi connectivity index (χ0n) is 10.3. The van der Waals surface area contributed by atoms with Gasteiger partial charge in [-0.2, -0.15) is 0 Å². The van der Waals surface area contributed by atoms with E-state index in [0.29, 0.717) is 12.4 Å². The van der Waals surface area contributed by atoms with Crippen LogP contribution in [0.4, 0.5) is 0 Å². The van der Waals surface area contributed by atoms with Gasteiger partial charge in [0, 0.05) is 12.2 Å². The molecular weight excluding hydrogens is 200 g/mol. The summed E-state index contributed by atoms with van der Waals surface area (Å²) >= 11 is 0. The number of benzene rings is 1. The van der Waals surface area contributed by atoms with Gasteiger partial charge in [-0.05, 0) is 19.4 Å². The Bertz CT molecular complexity index is 297. The molecule has 2 nitrogen and oxygen atoms in total. The molecule has 0 aliphatic heterocycles. The molecule has 0 heterocycles. The number of hydrogen-bond donors (Lipinski definition) is 1. The highest BCUT2D eigenvalue weighted by atomic mass is 16.5. The Kier molecular flexibility index (Phi) is 5.94. The Hall–Kier alpha value is -1.02. The molecule has 1 N–H and O–H groups in total. The van der Waals surface area contributed by atoms with Crippen LogP contribution in [-0.4, -0.2) is 11.7 Å². The summed E-state index contributed by atoms with van der Waals surface area (Å²) < 4.78 is 5.70. The summed E-state index contributed by atoms with van der Waals surface area (Å²) in [5.41, 5.74) is 0.917. The lowest BCUT2D eigenvalue weighted by atomic mass is 10.0. The highest BCUT2D eigenvalue weighted by Crippen LogP contribution is 2.30. The molecule has 1 aromatic rings. The summed E-state index contributed by atoms with van der Waals surface area (Å²) in [4.78, 5) is 0. The Morgan fingerprint density at radius 2 is 1.94 bits per heavy atom. The lowest BCUT2D eigenvalue weighted by Gasteiger charge is -2.18. The average molecular weight is 222 g/mol. The standard InChI is InChI=1S/C14H22O2/c1-3-5-6-11-14(16-4-2)12-9-7-8-10-13(12)15/h7-10,14-15H,3-6,11H2,1-2H3. The molecule has 0 radical (unpaired) electrons. The number of hydrogen-bond acceptors (Lipinski definition) is 2. The van der Waals surface area contributed by atoms with Crippen molar-refractivity contribution in [3.63, 3.8) is 0 Å². The van der Waals surface area contributed by atoms with Crippen molar-refractivity contribution in [3.05, 3.63) is 29.8 Å². The molecule has 90 valence electrons. The van der Waals surface area contributed by atoms with Crippen molar-refractivity contribution in [2.75, 3.05) is 6.61 Å². The number of aromatic hydroxyl groups is 1. The third kappa shape index (κ3) is 3.86. The minimum Gasteiger partial charge on any atom is -0.508 e. The number of ether oxygens (including phenoxy) is 1. The largest absolute Gasteiger partial charge is 0.508 e. The minimum absolute atomic E-state index is 0.0396. The van der Waals surface area contributed by atoms with Crippen LogP contribution >= 0.6 is 0 Å². The van der Waals surface area contributed by atoms with Crippen LogP contribution in [0.3, 0.4) is 0 Å². The first-order valence-electron chi connectivity index (χ1n) is 6.19. The highest BCUT2D eigenvalue weighted by molar-refractivity contribution is 5.33. The normalized spacial score (nSPS) is 12.6. The van der Waals surface area contributed by atoms with Gasteiger partial charge in [0.05, 0.1) is 6.10 Å². The first-order valence-corrected chi connectivity index (χ1v) is 6.19. The van der Waals surface area contributed by atoms with Crippen molar-refractivity contribution in [1.29, 1.82) is 0 Å². The summed E-state index contributed by atoms with van der Waals surface area (Å²) in [5.74, 6) is 0.345. The van der Waals surface area contributed by atoms with Gasteiger partial charge in [0.1, 0.15) is 5.75 Å². The SMILES string of the molecule is CCCCCC(OCC)c1ccccc1O. The number of phenolic OH excluding ortho intramolecular Hbond substituents is 1. The van der Waals surface area contributed by atoms with Crippen molar-refractivity contribution >= 4 is 0 Å². The van der Waals surface area contributed by atoms with Crippen LogP contribution in [0.1, 0.15) is 51.2 Å². The van der Waals surface area contributed by atoms with Crippen LogP contribution in [0.25, 0.3) is 0 Å². The molecule has 0 saturated heterocycles. The van der Waals surface area contributed by atoms with Gasteiger partial charge in [-0.15, -0.1) is 0 Å². The van der Waals surface area contributed by atoms with Gasteiger partial charge < -0.3 is 9.84 Å². The monoisotopic (exact) mass is 222 g/mol. The zero-order chi connectivity index (χ0) is 11.8. The van der Waals surface area contributed by atoms with Crippen LogP contribution in [0.15, 0.2) is 24.3 Å². The molecule has 0 fully saturated rings. The molecule has 1 aromatic carbocycles. The summed E-state index contributed by atoms with van der Waals surface area (Å²) in [6.07, 6.45) is 4.60. The number of unbranched alkanes of at least 4 members (excludes halogenated alkanes) is 2. The van der Waals surface area contributed by atoms with E-state index in [2.05, 4.69) is 6.92 Å². The first-order chi connectivity index (χ1) is 7.79. The maximum atomic E-state index is 9.78. The van der Waals surface area contributed by atoms with Crippen LogP contribution in [0.2, 0.25) is 0 Å². The fourth-order valence-corrected chi connectivity index (χ4v) is 1.87. The lowest BCUT2D eigenvalue weighted by Crippen LogP contribution is -2.04. The molecule has 0 saturated carbocycles. The van der Waals surface area contributed by atoms with Gasteiger partial charge in [-0.25, -0.2) is 0 Å². The van der Waals surface area contributed by atoms with Crippen LogP contribution in [-0.2, 0) is 4.74 Å². The Labute approximate surface area is 98.3 Å². The molecule has 1 unspecified atom stereocenters. The fourth-order valence-electron chi connectivity index (χ4n) is 1.87. The van der Waals surface area contributed by atoms with Crippen molar-refractivity contribution in [2.45, 2.75) is 45.6 Å². The number of para-hydroxylation sites is 1. The van der Waals surface area contributed by atoms with E-state index in [1.165, 1.54) is 12.8 Å². The van der Waals surface area contributed by atoms with E-state index in [1.807, 2.05) is 25.1 Å². The molecule has 2 heteroatoms. The van der Waals surface area contributed by atoms with E-state index in [1.54, 1.807) is 6.07 Å². The van der Waals surface area contributed by atoms with E-state index >= 15 is 0 Å². The lowest BCUT2D eigenvalue weighted by molar-refractivity contribution is 0.0526. The summed E-state index contributed by atoms with van der Waals surface area (Å²) in [6.45, 7) is 4.87. The third-order valence-corrected chi connectivity index (χ3v) is 2.72. The summed E-state index contributed by atoms with van der Waals surface area (Å²) in [7, 11) is 0. The van der Waals surface area contributed by atoms with Gasteiger partial charge in [0.25, 0.3) is 0 Å². The molecule has 0 amide bonds. The predicted octanol–water partition coefficient (Wildman–Crippen LogP) is 4.05. The van der Waals surface area contributed by atoms with Gasteiger partial charge >= 0.3 is 0 Å². The number of phenols is 1. The zero-order valence-corrected chi connectivity index (χ0v) is 10.3. The molecular formula is C14H22O2. The van der Waals surface area contributed by atoms with Crippen LogP contribution < -0.4 is 0 Å². The Morgan fingerprint density at radius 3 is 2.56 bits per heavy atom. The molecule has 0 aliphatic rings. The summed E-state index contributed by atoms with van der Waals surface area (Å²) in [6, 6.07) is 7.46. The Balaban J connectivity index is 2.65. The second-order valence-electron chi connectivity index (χ2n) is 4.00. The maximum absolute atomic E-state index is 9.78. The second-order valence-corrected chi connectivity index (χ2v) is 4.00. The van der Waals surface area contributed by atoms with Crippen LogP contribution in [0.5, 0.6) is 5.75 Å². The minimum atomic E-state index is 0.0396.